The molecular formula is C13H18N2S2. The van der Waals surface area contributed by atoms with Crippen molar-refractivity contribution in [2.75, 3.05) is 0 Å². The van der Waals surface area contributed by atoms with Crippen LogP contribution in [0.1, 0.15) is 48.3 Å². The van der Waals surface area contributed by atoms with Crippen LogP contribution in [0.25, 0.3) is 0 Å². The molecule has 2 heterocycles. The van der Waals surface area contributed by atoms with Crippen molar-refractivity contribution in [3.63, 3.8) is 0 Å². The third-order valence-corrected chi connectivity index (χ3v) is 4.86. The first-order valence-electron chi connectivity index (χ1n) is 5.93. The predicted octanol–water partition coefficient (Wildman–Crippen LogP) is 4.18. The molecule has 2 atom stereocenters. The summed E-state index contributed by atoms with van der Waals surface area (Å²) in [5.41, 5.74) is 1.36. The molecule has 0 spiro atoms. The second kappa shape index (κ2) is 5.76. The molecule has 0 aliphatic heterocycles. The topological polar surface area (TPSA) is 24.9 Å². The van der Waals surface area contributed by atoms with Crippen molar-refractivity contribution in [1.29, 1.82) is 0 Å². The van der Waals surface area contributed by atoms with E-state index in [1.807, 2.05) is 17.5 Å². The van der Waals surface area contributed by atoms with Crippen molar-refractivity contribution < 1.29 is 0 Å². The Bertz CT molecular complexity index is 448. The maximum absolute atomic E-state index is 4.48. The minimum absolute atomic E-state index is 0.315. The first kappa shape index (κ1) is 12.7. The lowest BCUT2D eigenvalue weighted by Crippen LogP contribution is -2.21. The van der Waals surface area contributed by atoms with E-state index in [9.17, 15) is 0 Å². The third-order valence-electron chi connectivity index (χ3n) is 2.83. The van der Waals surface area contributed by atoms with Gasteiger partial charge in [0.15, 0.2) is 0 Å². The molecule has 0 fully saturated rings. The lowest BCUT2D eigenvalue weighted by Gasteiger charge is -2.17. The van der Waals surface area contributed by atoms with Crippen LogP contribution >= 0.6 is 22.7 Å². The maximum atomic E-state index is 4.48. The molecule has 2 aromatic rings. The summed E-state index contributed by atoms with van der Waals surface area (Å²) in [5.74, 6) is 0. The van der Waals surface area contributed by atoms with Gasteiger partial charge in [-0.3, -0.25) is 0 Å². The van der Waals surface area contributed by atoms with Crippen LogP contribution in [0, 0.1) is 0 Å². The molecule has 0 saturated carbocycles. The summed E-state index contributed by atoms with van der Waals surface area (Å²) in [6.07, 6.45) is 3.07. The fourth-order valence-electron chi connectivity index (χ4n) is 1.75. The van der Waals surface area contributed by atoms with Crippen LogP contribution in [0.15, 0.2) is 23.0 Å². The first-order valence-corrected chi connectivity index (χ1v) is 7.69. The lowest BCUT2D eigenvalue weighted by molar-refractivity contribution is 0.494. The highest BCUT2D eigenvalue weighted by Gasteiger charge is 2.14. The summed E-state index contributed by atoms with van der Waals surface area (Å²) in [6.45, 7) is 6.55. The van der Waals surface area contributed by atoms with Gasteiger partial charge in [0.1, 0.15) is 5.01 Å². The van der Waals surface area contributed by atoms with Crippen LogP contribution in [0.2, 0.25) is 0 Å². The van der Waals surface area contributed by atoms with Crippen LogP contribution in [-0.2, 0) is 6.42 Å². The Hall–Kier alpha value is -0.710. The van der Waals surface area contributed by atoms with Gasteiger partial charge in [-0.1, -0.05) is 6.92 Å². The Balaban J connectivity index is 1.99. The van der Waals surface area contributed by atoms with Gasteiger partial charge in [-0.2, -0.15) is 11.3 Å². The standard InChI is InChI=1S/C13H18N2S2/c1-4-12-7-14-13(17-12)10(3)15-9(2)11-5-6-16-8-11/h5-10,15H,4H2,1-3H3/t9-,10-/m1/s1. The molecule has 2 aromatic heterocycles. The normalized spacial score (nSPS) is 14.8. The van der Waals surface area contributed by atoms with Gasteiger partial charge in [0.05, 0.1) is 6.04 Å². The van der Waals surface area contributed by atoms with Crippen LogP contribution in [0.4, 0.5) is 0 Å². The molecule has 0 radical (unpaired) electrons. The Morgan fingerprint density at radius 2 is 2.18 bits per heavy atom. The zero-order valence-electron chi connectivity index (χ0n) is 10.4. The van der Waals surface area contributed by atoms with E-state index in [2.05, 4.69) is 47.9 Å². The number of aromatic nitrogens is 1. The van der Waals surface area contributed by atoms with Crippen molar-refractivity contribution in [2.45, 2.75) is 39.3 Å². The fraction of sp³-hybridized carbons (Fsp3) is 0.462. The van der Waals surface area contributed by atoms with Crippen LogP contribution < -0.4 is 5.32 Å². The molecular weight excluding hydrogens is 248 g/mol. The van der Waals surface area contributed by atoms with E-state index in [1.165, 1.54) is 15.4 Å². The van der Waals surface area contributed by atoms with Crippen molar-refractivity contribution in [3.8, 4) is 0 Å². The van der Waals surface area contributed by atoms with E-state index in [1.54, 1.807) is 11.3 Å². The van der Waals surface area contributed by atoms with E-state index >= 15 is 0 Å². The first-order chi connectivity index (χ1) is 8.20. The van der Waals surface area contributed by atoms with Crippen molar-refractivity contribution in [2.24, 2.45) is 0 Å². The van der Waals surface area contributed by atoms with E-state index < -0.39 is 0 Å². The monoisotopic (exact) mass is 266 g/mol. The molecule has 1 N–H and O–H groups in total. The Kier molecular flexibility index (Phi) is 4.31. The summed E-state index contributed by atoms with van der Waals surface area (Å²) < 4.78 is 0. The largest absolute Gasteiger partial charge is 0.301 e. The van der Waals surface area contributed by atoms with E-state index in [-0.39, 0.29) is 0 Å². The molecule has 0 amide bonds. The molecule has 0 saturated heterocycles. The molecule has 92 valence electrons. The zero-order chi connectivity index (χ0) is 12.3. The highest BCUT2D eigenvalue weighted by molar-refractivity contribution is 7.11. The van der Waals surface area contributed by atoms with Crippen molar-refractivity contribution in [3.05, 3.63) is 38.5 Å². The minimum Gasteiger partial charge on any atom is -0.301 e. The van der Waals surface area contributed by atoms with Crippen LogP contribution in [-0.4, -0.2) is 4.98 Å². The van der Waals surface area contributed by atoms with Crippen LogP contribution in [0.5, 0.6) is 0 Å². The average Bonchev–Trinajstić information content (AvgIpc) is 3.00. The lowest BCUT2D eigenvalue weighted by atomic mass is 10.1. The van der Waals surface area contributed by atoms with Gasteiger partial charge in [-0.15, -0.1) is 11.3 Å². The number of rotatable bonds is 5. The smallest absolute Gasteiger partial charge is 0.109 e. The Morgan fingerprint density at radius 3 is 2.76 bits per heavy atom. The number of thiazole rings is 1. The van der Waals surface area contributed by atoms with Crippen molar-refractivity contribution in [1.82, 2.24) is 10.3 Å². The summed E-state index contributed by atoms with van der Waals surface area (Å²) >= 11 is 3.55. The van der Waals surface area contributed by atoms with Gasteiger partial charge in [0, 0.05) is 17.1 Å². The Labute approximate surface area is 111 Å². The van der Waals surface area contributed by atoms with E-state index in [0.717, 1.165) is 6.42 Å². The summed E-state index contributed by atoms with van der Waals surface area (Å²) in [5, 5.41) is 9.09. The Morgan fingerprint density at radius 1 is 1.35 bits per heavy atom. The molecule has 0 aliphatic carbocycles. The number of nitrogens with one attached hydrogen (secondary N) is 1. The molecule has 2 nitrogen and oxygen atoms in total. The van der Waals surface area contributed by atoms with Gasteiger partial charge >= 0.3 is 0 Å². The SMILES string of the molecule is CCc1cnc([C@@H](C)N[C@H](C)c2ccsc2)s1. The summed E-state index contributed by atoms with van der Waals surface area (Å²) in [4.78, 5) is 5.84. The van der Waals surface area contributed by atoms with Gasteiger partial charge in [-0.05, 0) is 42.7 Å². The third kappa shape index (κ3) is 3.15. The molecule has 17 heavy (non-hydrogen) atoms. The van der Waals surface area contributed by atoms with Gasteiger partial charge < -0.3 is 5.32 Å². The van der Waals surface area contributed by atoms with Gasteiger partial charge in [-0.25, -0.2) is 4.98 Å². The van der Waals surface area contributed by atoms with Crippen LogP contribution in [0.3, 0.4) is 0 Å². The average molecular weight is 266 g/mol. The molecule has 0 unspecified atom stereocenters. The zero-order valence-corrected chi connectivity index (χ0v) is 12.1. The molecule has 0 bridgehead atoms. The second-order valence-corrected chi connectivity index (χ2v) is 6.11. The molecule has 0 aromatic carbocycles. The number of aryl methyl sites for hydroxylation is 1. The number of hydrogen-bond acceptors (Lipinski definition) is 4. The second-order valence-electron chi connectivity index (χ2n) is 4.19. The van der Waals surface area contributed by atoms with Gasteiger partial charge in [0.2, 0.25) is 0 Å². The quantitative estimate of drug-likeness (QED) is 0.878. The van der Waals surface area contributed by atoms with Crippen molar-refractivity contribution >= 4 is 22.7 Å². The highest BCUT2D eigenvalue weighted by atomic mass is 32.1. The number of hydrogen-bond donors (Lipinski definition) is 1. The number of nitrogens with zero attached hydrogens (tertiary/aromatic N) is 1. The molecule has 0 aliphatic rings. The molecule has 2 rings (SSSR count). The van der Waals surface area contributed by atoms with E-state index in [0.29, 0.717) is 12.1 Å². The summed E-state index contributed by atoms with van der Waals surface area (Å²) in [7, 11) is 0. The predicted molar refractivity (Wildman–Crippen MR) is 75.8 cm³/mol. The highest BCUT2D eigenvalue weighted by Crippen LogP contribution is 2.24. The van der Waals surface area contributed by atoms with Gasteiger partial charge in [0.25, 0.3) is 0 Å². The van der Waals surface area contributed by atoms with E-state index in [4.69, 9.17) is 0 Å². The minimum atomic E-state index is 0.315. The maximum Gasteiger partial charge on any atom is 0.109 e. The molecule has 4 heteroatoms. The summed E-state index contributed by atoms with van der Waals surface area (Å²) in [6, 6.07) is 2.87. The number of thiophene rings is 1. The fourth-order valence-corrected chi connectivity index (χ4v) is 3.37.